The number of hydrogen-bond donors (Lipinski definition) is 0. The second-order valence-corrected chi connectivity index (χ2v) is 4.58. The second kappa shape index (κ2) is 6.76. The Morgan fingerprint density at radius 2 is 1.90 bits per heavy atom. The van der Waals surface area contributed by atoms with Gasteiger partial charge in [0.15, 0.2) is 0 Å². The summed E-state index contributed by atoms with van der Waals surface area (Å²) in [7, 11) is 0. The number of likely N-dealkylation sites (tertiary alicyclic amines) is 1. The maximum atomic E-state index is 12.2. The van der Waals surface area contributed by atoms with Crippen molar-refractivity contribution in [3.63, 3.8) is 0 Å². The fourth-order valence-electron chi connectivity index (χ4n) is 2.24. The highest BCUT2D eigenvalue weighted by Crippen LogP contribution is 2.21. The minimum Gasteiger partial charge on any atom is -0.365 e. The van der Waals surface area contributed by atoms with Crippen molar-refractivity contribution >= 4 is 11.7 Å². The highest BCUT2D eigenvalue weighted by Gasteiger charge is 2.37. The lowest BCUT2D eigenvalue weighted by molar-refractivity contribution is -0.165. The van der Waals surface area contributed by atoms with E-state index in [2.05, 4.69) is 0 Å². The van der Waals surface area contributed by atoms with Gasteiger partial charge >= 0.3 is 6.18 Å². The molecule has 1 aliphatic rings. The predicted molar refractivity (Wildman–Crippen MR) is 67.9 cm³/mol. The zero-order chi connectivity index (χ0) is 15.3. The van der Waals surface area contributed by atoms with Gasteiger partial charge in [0.2, 0.25) is 5.91 Å². The highest BCUT2D eigenvalue weighted by atomic mass is 19.4. The van der Waals surface area contributed by atoms with Crippen LogP contribution in [0.4, 0.5) is 13.2 Å². The normalized spacial score (nSPS) is 19.6. The topological polar surface area (TPSA) is 40.6 Å². The predicted octanol–water partition coefficient (Wildman–Crippen LogP) is 1.96. The van der Waals surface area contributed by atoms with E-state index < -0.39 is 18.0 Å². The highest BCUT2D eigenvalue weighted by molar-refractivity contribution is 5.94. The fraction of sp³-hybridized carbons (Fsp3) is 0.692. The number of allylic oxidation sites excluding steroid dienone is 1. The van der Waals surface area contributed by atoms with Crippen LogP contribution in [0.5, 0.6) is 0 Å². The van der Waals surface area contributed by atoms with Crippen LogP contribution in [0.15, 0.2) is 12.3 Å². The van der Waals surface area contributed by atoms with Gasteiger partial charge in [-0.3, -0.25) is 9.59 Å². The summed E-state index contributed by atoms with van der Waals surface area (Å²) in [5, 5.41) is 0. The molecule has 0 bridgehead atoms. The van der Waals surface area contributed by atoms with Gasteiger partial charge in [-0.25, -0.2) is 0 Å². The lowest BCUT2D eigenvalue weighted by atomic mass is 10.2. The molecule has 0 aromatic carbocycles. The number of alkyl halides is 3. The van der Waals surface area contributed by atoms with E-state index in [0.29, 0.717) is 32.1 Å². The standard InChI is InChI=1S/C13H19F3N2O2/c1-3-17(4-2)12(20)10-6-5-8-18(10)9-7-11(19)13(14,15)16/h7,9-10H,3-6,8H2,1-2H3/b9-7+/t10-/m1/s1. The van der Waals surface area contributed by atoms with Gasteiger partial charge in [0.25, 0.3) is 5.78 Å². The van der Waals surface area contributed by atoms with Crippen LogP contribution >= 0.6 is 0 Å². The van der Waals surface area contributed by atoms with Gasteiger partial charge in [0.05, 0.1) is 0 Å². The van der Waals surface area contributed by atoms with Gasteiger partial charge < -0.3 is 9.80 Å². The Bertz CT molecular complexity index is 390. The smallest absolute Gasteiger partial charge is 0.365 e. The first-order chi connectivity index (χ1) is 9.31. The van der Waals surface area contributed by atoms with Gasteiger partial charge in [-0.05, 0) is 26.7 Å². The van der Waals surface area contributed by atoms with Crippen LogP contribution in [-0.2, 0) is 9.59 Å². The molecule has 114 valence electrons. The molecule has 0 aromatic rings. The molecular formula is C13H19F3N2O2. The van der Waals surface area contributed by atoms with Crippen LogP contribution < -0.4 is 0 Å². The van der Waals surface area contributed by atoms with Crippen molar-refractivity contribution in [2.45, 2.75) is 38.9 Å². The maximum Gasteiger partial charge on any atom is 0.454 e. The van der Waals surface area contributed by atoms with E-state index >= 15 is 0 Å². The molecule has 0 saturated carbocycles. The molecule has 1 fully saturated rings. The molecule has 0 aromatic heterocycles. The number of halogens is 3. The molecule has 0 radical (unpaired) electrons. The molecule has 1 atom stereocenters. The molecule has 0 N–H and O–H groups in total. The van der Waals surface area contributed by atoms with Gasteiger partial charge in [-0.2, -0.15) is 13.2 Å². The number of nitrogens with zero attached hydrogens (tertiary/aromatic N) is 2. The first-order valence-electron chi connectivity index (χ1n) is 6.65. The maximum absolute atomic E-state index is 12.2. The quantitative estimate of drug-likeness (QED) is 0.727. The summed E-state index contributed by atoms with van der Waals surface area (Å²) < 4.78 is 36.4. The third-order valence-electron chi connectivity index (χ3n) is 3.35. The first-order valence-corrected chi connectivity index (χ1v) is 6.65. The average Bonchev–Trinajstić information content (AvgIpc) is 2.84. The Labute approximate surface area is 116 Å². The zero-order valence-corrected chi connectivity index (χ0v) is 11.6. The summed E-state index contributed by atoms with van der Waals surface area (Å²) in [5.74, 6) is -2.00. The Kier molecular flexibility index (Phi) is 5.59. The molecule has 1 amide bonds. The Balaban J connectivity index is 2.73. The van der Waals surface area contributed by atoms with Gasteiger partial charge in [-0.15, -0.1) is 0 Å². The molecule has 0 spiro atoms. The summed E-state index contributed by atoms with van der Waals surface area (Å²) >= 11 is 0. The van der Waals surface area contributed by atoms with Crippen LogP contribution in [0.1, 0.15) is 26.7 Å². The molecule has 20 heavy (non-hydrogen) atoms. The van der Waals surface area contributed by atoms with Crippen LogP contribution in [0.3, 0.4) is 0 Å². The van der Waals surface area contributed by atoms with E-state index in [1.165, 1.54) is 4.90 Å². The molecule has 1 rings (SSSR count). The molecule has 1 heterocycles. The van der Waals surface area contributed by atoms with Crippen LogP contribution in [0.2, 0.25) is 0 Å². The van der Waals surface area contributed by atoms with Crippen molar-refractivity contribution in [2.24, 2.45) is 0 Å². The Hall–Kier alpha value is -1.53. The van der Waals surface area contributed by atoms with Crippen LogP contribution in [0.25, 0.3) is 0 Å². The number of hydrogen-bond acceptors (Lipinski definition) is 3. The molecule has 4 nitrogen and oxygen atoms in total. The minimum absolute atomic E-state index is 0.100. The van der Waals surface area contributed by atoms with E-state index in [1.54, 1.807) is 4.90 Å². The van der Waals surface area contributed by atoms with E-state index in [-0.39, 0.29) is 5.91 Å². The molecule has 7 heteroatoms. The zero-order valence-electron chi connectivity index (χ0n) is 11.6. The minimum atomic E-state index is -4.87. The number of rotatable bonds is 5. The number of ketones is 1. The van der Waals surface area contributed by atoms with E-state index in [4.69, 9.17) is 0 Å². The van der Waals surface area contributed by atoms with Crippen molar-refractivity contribution in [1.82, 2.24) is 9.80 Å². The van der Waals surface area contributed by atoms with Gasteiger partial charge in [0, 0.05) is 31.9 Å². The van der Waals surface area contributed by atoms with Gasteiger partial charge in [0.1, 0.15) is 6.04 Å². The Morgan fingerprint density at radius 3 is 2.40 bits per heavy atom. The lowest BCUT2D eigenvalue weighted by Gasteiger charge is -2.28. The monoisotopic (exact) mass is 292 g/mol. The van der Waals surface area contributed by atoms with Crippen molar-refractivity contribution in [2.75, 3.05) is 19.6 Å². The van der Waals surface area contributed by atoms with Gasteiger partial charge in [-0.1, -0.05) is 0 Å². The van der Waals surface area contributed by atoms with Crippen molar-refractivity contribution in [3.05, 3.63) is 12.3 Å². The van der Waals surface area contributed by atoms with Crippen LogP contribution in [-0.4, -0.2) is 53.3 Å². The van der Waals surface area contributed by atoms with Crippen molar-refractivity contribution in [1.29, 1.82) is 0 Å². The third kappa shape index (κ3) is 3.98. The lowest BCUT2D eigenvalue weighted by Crippen LogP contribution is -2.43. The average molecular weight is 292 g/mol. The molecule has 0 aliphatic carbocycles. The molecular weight excluding hydrogens is 273 g/mol. The van der Waals surface area contributed by atoms with Crippen molar-refractivity contribution in [3.8, 4) is 0 Å². The first kappa shape index (κ1) is 16.5. The van der Waals surface area contributed by atoms with Crippen LogP contribution in [0, 0.1) is 0 Å². The van der Waals surface area contributed by atoms with E-state index in [1.807, 2.05) is 13.8 Å². The summed E-state index contributed by atoms with van der Waals surface area (Å²) in [4.78, 5) is 26.2. The van der Waals surface area contributed by atoms with Crippen molar-refractivity contribution < 1.29 is 22.8 Å². The second-order valence-electron chi connectivity index (χ2n) is 4.58. The number of amides is 1. The summed E-state index contributed by atoms with van der Waals surface area (Å²) in [5.41, 5.74) is 0. The van der Waals surface area contributed by atoms with E-state index in [9.17, 15) is 22.8 Å². The Morgan fingerprint density at radius 1 is 1.30 bits per heavy atom. The molecule has 1 saturated heterocycles. The number of carbonyl (C=O) groups is 2. The van der Waals surface area contributed by atoms with E-state index in [0.717, 1.165) is 12.6 Å². The molecule has 0 unspecified atom stereocenters. The molecule has 1 aliphatic heterocycles. The SMILES string of the molecule is CCN(CC)C(=O)[C@H]1CCCN1/C=C/C(=O)C(F)(F)F. The fourth-order valence-corrected chi connectivity index (χ4v) is 2.24. The summed E-state index contributed by atoms with van der Waals surface area (Å²) in [6.07, 6.45) is -1.96. The largest absolute Gasteiger partial charge is 0.454 e. The summed E-state index contributed by atoms with van der Waals surface area (Å²) in [6.45, 7) is 5.31. The number of likely N-dealkylation sites (N-methyl/N-ethyl adjacent to an activating group) is 1. The summed E-state index contributed by atoms with van der Waals surface area (Å²) in [6, 6.07) is -0.466. The third-order valence-corrected chi connectivity index (χ3v) is 3.35. The number of carbonyl (C=O) groups excluding carboxylic acids is 2.